The number of carbonyl (C=O) groups excluding carboxylic acids is 1. The Morgan fingerprint density at radius 2 is 2.17 bits per heavy atom. The van der Waals surface area contributed by atoms with E-state index in [4.69, 9.17) is 10.2 Å². The van der Waals surface area contributed by atoms with Crippen LogP contribution < -0.4 is 11.1 Å². The van der Waals surface area contributed by atoms with Crippen molar-refractivity contribution in [2.75, 3.05) is 6.54 Å². The van der Waals surface area contributed by atoms with Gasteiger partial charge in [-0.15, -0.1) is 0 Å². The van der Waals surface area contributed by atoms with Crippen molar-refractivity contribution in [2.45, 2.75) is 45.1 Å². The fourth-order valence-electron chi connectivity index (χ4n) is 2.76. The number of hydrogen-bond acceptors (Lipinski definition) is 3. The van der Waals surface area contributed by atoms with E-state index in [1.165, 1.54) is 19.3 Å². The van der Waals surface area contributed by atoms with Crippen molar-refractivity contribution in [1.82, 2.24) is 5.32 Å². The first-order chi connectivity index (χ1) is 8.74. The average Bonchev–Trinajstić information content (AvgIpc) is 2.91. The molecule has 18 heavy (non-hydrogen) atoms. The third kappa shape index (κ3) is 3.35. The van der Waals surface area contributed by atoms with E-state index >= 15 is 0 Å². The molecular formula is C14H22N2O2. The lowest BCUT2D eigenvalue weighted by molar-refractivity contribution is -0.124. The number of furan rings is 1. The van der Waals surface area contributed by atoms with Crippen molar-refractivity contribution >= 4 is 5.91 Å². The molecule has 0 atom stereocenters. The highest BCUT2D eigenvalue weighted by Crippen LogP contribution is 2.38. The van der Waals surface area contributed by atoms with Crippen LogP contribution in [0.4, 0.5) is 0 Å². The summed E-state index contributed by atoms with van der Waals surface area (Å²) in [5, 5.41) is 2.90. The van der Waals surface area contributed by atoms with Gasteiger partial charge in [0.05, 0.1) is 12.8 Å². The Bertz CT molecular complexity index is 367. The fourth-order valence-corrected chi connectivity index (χ4v) is 2.76. The van der Waals surface area contributed by atoms with Crippen molar-refractivity contribution in [3.63, 3.8) is 0 Å². The van der Waals surface area contributed by atoms with Crippen LogP contribution in [0, 0.1) is 5.41 Å². The lowest BCUT2D eigenvalue weighted by Gasteiger charge is -2.35. The van der Waals surface area contributed by atoms with Gasteiger partial charge in [0, 0.05) is 6.42 Å². The van der Waals surface area contributed by atoms with E-state index in [-0.39, 0.29) is 11.3 Å². The number of hydrogen-bond donors (Lipinski definition) is 2. The van der Waals surface area contributed by atoms with E-state index in [1.54, 1.807) is 6.26 Å². The van der Waals surface area contributed by atoms with Crippen molar-refractivity contribution in [3.05, 3.63) is 24.2 Å². The van der Waals surface area contributed by atoms with Crippen LogP contribution in [-0.4, -0.2) is 12.5 Å². The van der Waals surface area contributed by atoms with E-state index in [0.29, 0.717) is 19.5 Å². The van der Waals surface area contributed by atoms with Gasteiger partial charge >= 0.3 is 0 Å². The zero-order valence-electron chi connectivity index (χ0n) is 10.8. The van der Waals surface area contributed by atoms with Gasteiger partial charge in [-0.2, -0.15) is 0 Å². The van der Waals surface area contributed by atoms with Crippen LogP contribution in [0.2, 0.25) is 0 Å². The zero-order valence-corrected chi connectivity index (χ0v) is 10.8. The van der Waals surface area contributed by atoms with Gasteiger partial charge in [-0.05, 0) is 36.9 Å². The minimum absolute atomic E-state index is 0.0332. The quantitative estimate of drug-likeness (QED) is 0.841. The van der Waals surface area contributed by atoms with E-state index in [0.717, 1.165) is 18.6 Å². The first-order valence-electron chi connectivity index (χ1n) is 6.73. The number of rotatable bonds is 5. The van der Waals surface area contributed by atoms with Gasteiger partial charge in [0.1, 0.15) is 5.76 Å². The molecule has 3 N–H and O–H groups in total. The molecule has 1 aliphatic carbocycles. The van der Waals surface area contributed by atoms with Gasteiger partial charge in [0.2, 0.25) is 5.91 Å². The Morgan fingerprint density at radius 1 is 1.39 bits per heavy atom. The highest BCUT2D eigenvalue weighted by molar-refractivity contribution is 5.76. The monoisotopic (exact) mass is 250 g/mol. The molecule has 1 amide bonds. The number of nitrogens with one attached hydrogen (secondary N) is 1. The molecule has 0 aliphatic heterocycles. The van der Waals surface area contributed by atoms with Crippen LogP contribution in [-0.2, 0) is 11.3 Å². The first kappa shape index (κ1) is 13.1. The van der Waals surface area contributed by atoms with Crippen LogP contribution in [0.3, 0.4) is 0 Å². The largest absolute Gasteiger partial charge is 0.467 e. The van der Waals surface area contributed by atoms with Crippen molar-refractivity contribution in [2.24, 2.45) is 11.1 Å². The lowest BCUT2D eigenvalue weighted by Crippen LogP contribution is -2.38. The Balaban J connectivity index is 1.81. The zero-order chi connectivity index (χ0) is 12.8. The summed E-state index contributed by atoms with van der Waals surface area (Å²) in [5.74, 6) is 0.868. The molecule has 1 aromatic heterocycles. The summed E-state index contributed by atoms with van der Waals surface area (Å²) >= 11 is 0. The fraction of sp³-hybridized carbons (Fsp3) is 0.643. The van der Waals surface area contributed by atoms with Crippen LogP contribution >= 0.6 is 0 Å². The smallest absolute Gasteiger partial charge is 0.220 e. The molecule has 0 unspecified atom stereocenters. The highest BCUT2D eigenvalue weighted by atomic mass is 16.3. The molecule has 0 spiro atoms. The second-order valence-corrected chi connectivity index (χ2v) is 5.30. The van der Waals surface area contributed by atoms with E-state index in [9.17, 15) is 4.79 Å². The third-order valence-electron chi connectivity index (χ3n) is 3.92. The van der Waals surface area contributed by atoms with Gasteiger partial charge in [-0.3, -0.25) is 4.79 Å². The standard InChI is InChI=1S/C14H22N2O2/c15-11-14(6-2-1-3-7-14)9-13(17)16-10-12-5-4-8-18-12/h4-5,8H,1-3,6-7,9-11,15H2,(H,16,17). The Morgan fingerprint density at radius 3 is 2.78 bits per heavy atom. The van der Waals surface area contributed by atoms with Crippen molar-refractivity contribution in [3.8, 4) is 0 Å². The lowest BCUT2D eigenvalue weighted by atomic mass is 9.71. The van der Waals surface area contributed by atoms with Gasteiger partial charge in [-0.25, -0.2) is 0 Å². The SMILES string of the molecule is NCC1(CC(=O)NCc2ccco2)CCCCC1. The van der Waals surface area contributed by atoms with E-state index in [1.807, 2.05) is 12.1 Å². The summed E-state index contributed by atoms with van der Waals surface area (Å²) in [4.78, 5) is 12.0. The summed E-state index contributed by atoms with van der Waals surface area (Å²) in [6.45, 7) is 1.08. The van der Waals surface area contributed by atoms with Crippen LogP contribution in [0.25, 0.3) is 0 Å². The maximum Gasteiger partial charge on any atom is 0.220 e. The predicted octanol–water partition coefficient (Wildman–Crippen LogP) is 2.20. The molecule has 2 rings (SSSR count). The third-order valence-corrected chi connectivity index (χ3v) is 3.92. The van der Waals surface area contributed by atoms with Gasteiger partial charge in [0.25, 0.3) is 0 Å². The van der Waals surface area contributed by atoms with Gasteiger partial charge in [-0.1, -0.05) is 19.3 Å². The summed E-state index contributed by atoms with van der Waals surface area (Å²) in [5.41, 5.74) is 5.91. The molecule has 0 aromatic carbocycles. The summed E-state index contributed by atoms with van der Waals surface area (Å²) in [6.07, 6.45) is 7.99. The number of carbonyl (C=O) groups is 1. The second-order valence-electron chi connectivity index (χ2n) is 5.30. The highest BCUT2D eigenvalue weighted by Gasteiger charge is 2.32. The predicted molar refractivity (Wildman–Crippen MR) is 69.7 cm³/mol. The number of amides is 1. The van der Waals surface area contributed by atoms with Gasteiger partial charge in [0.15, 0.2) is 0 Å². The summed E-state index contributed by atoms with van der Waals surface area (Å²) in [7, 11) is 0. The normalized spacial score (nSPS) is 18.5. The molecule has 0 radical (unpaired) electrons. The molecule has 100 valence electrons. The Kier molecular flexibility index (Phi) is 4.42. The molecule has 4 nitrogen and oxygen atoms in total. The average molecular weight is 250 g/mol. The van der Waals surface area contributed by atoms with Crippen LogP contribution in [0.5, 0.6) is 0 Å². The molecular weight excluding hydrogens is 228 g/mol. The molecule has 0 bridgehead atoms. The topological polar surface area (TPSA) is 68.3 Å². The molecule has 1 aliphatic rings. The van der Waals surface area contributed by atoms with Crippen LogP contribution in [0.1, 0.15) is 44.3 Å². The molecule has 4 heteroatoms. The molecule has 1 aromatic rings. The van der Waals surface area contributed by atoms with Crippen molar-refractivity contribution in [1.29, 1.82) is 0 Å². The summed E-state index contributed by atoms with van der Waals surface area (Å²) in [6, 6.07) is 3.68. The minimum atomic E-state index is 0.0332. The Hall–Kier alpha value is -1.29. The minimum Gasteiger partial charge on any atom is -0.467 e. The first-order valence-corrected chi connectivity index (χ1v) is 6.73. The second kappa shape index (κ2) is 6.05. The molecule has 1 heterocycles. The molecule has 0 saturated heterocycles. The summed E-state index contributed by atoms with van der Waals surface area (Å²) < 4.78 is 5.19. The van der Waals surface area contributed by atoms with E-state index in [2.05, 4.69) is 5.32 Å². The maximum absolute atomic E-state index is 12.0. The van der Waals surface area contributed by atoms with Gasteiger partial charge < -0.3 is 15.5 Å². The number of nitrogens with two attached hydrogens (primary N) is 1. The Labute approximate surface area is 108 Å². The maximum atomic E-state index is 12.0. The molecule has 1 fully saturated rings. The molecule has 1 saturated carbocycles. The van der Waals surface area contributed by atoms with Crippen molar-refractivity contribution < 1.29 is 9.21 Å². The van der Waals surface area contributed by atoms with E-state index < -0.39 is 0 Å². The van der Waals surface area contributed by atoms with Crippen LogP contribution in [0.15, 0.2) is 22.8 Å².